The number of benzene rings is 1. The molecule has 0 bridgehead atoms. The zero-order valence-corrected chi connectivity index (χ0v) is 22.5. The van der Waals surface area contributed by atoms with E-state index in [0.717, 1.165) is 11.1 Å². The molecule has 1 aromatic carbocycles. The van der Waals surface area contributed by atoms with Gasteiger partial charge in [0.15, 0.2) is 0 Å². The second-order valence-corrected chi connectivity index (χ2v) is 9.93. The van der Waals surface area contributed by atoms with Crippen molar-refractivity contribution in [3.05, 3.63) is 34.9 Å². The lowest BCUT2D eigenvalue weighted by Gasteiger charge is -2.33. The summed E-state index contributed by atoms with van der Waals surface area (Å²) in [6.45, 7) is 14.7. The van der Waals surface area contributed by atoms with Crippen molar-refractivity contribution in [2.75, 3.05) is 20.2 Å². The van der Waals surface area contributed by atoms with Gasteiger partial charge in [0.25, 0.3) is 0 Å². The van der Waals surface area contributed by atoms with Crippen molar-refractivity contribution in [1.82, 2.24) is 15.5 Å². The summed E-state index contributed by atoms with van der Waals surface area (Å²) < 4.78 is 10.2. The molecule has 196 valence electrons. The number of rotatable bonds is 10. The minimum absolute atomic E-state index is 0.0195. The van der Waals surface area contributed by atoms with Gasteiger partial charge in [0.2, 0.25) is 11.8 Å². The van der Waals surface area contributed by atoms with Crippen LogP contribution in [0.3, 0.4) is 0 Å². The Balaban J connectivity index is 3.21. The van der Waals surface area contributed by atoms with Crippen molar-refractivity contribution < 1.29 is 28.7 Å². The molecular weight excluding hydrogens is 450 g/mol. The lowest BCUT2D eigenvalue weighted by atomic mass is 9.95. The fraction of sp³-hybridized carbons (Fsp3) is 0.615. The molecule has 0 aromatic heterocycles. The van der Waals surface area contributed by atoms with Gasteiger partial charge in [-0.15, -0.1) is 0 Å². The molecule has 0 aliphatic rings. The number of ether oxygens (including phenoxy) is 2. The molecule has 0 aliphatic heterocycles. The van der Waals surface area contributed by atoms with Crippen molar-refractivity contribution in [3.8, 4) is 0 Å². The number of alkyl carbamates (subject to hydrolysis) is 1. The van der Waals surface area contributed by atoms with Crippen molar-refractivity contribution >= 4 is 23.9 Å². The van der Waals surface area contributed by atoms with Crippen LogP contribution in [0.15, 0.2) is 18.2 Å². The molecule has 0 aliphatic carbocycles. The Hall–Kier alpha value is -3.10. The van der Waals surface area contributed by atoms with Crippen LogP contribution in [0, 0.1) is 19.8 Å². The third kappa shape index (κ3) is 9.58. The van der Waals surface area contributed by atoms with Crippen LogP contribution in [0.2, 0.25) is 0 Å². The monoisotopic (exact) mass is 491 g/mol. The number of esters is 1. The van der Waals surface area contributed by atoms with Crippen LogP contribution in [0.25, 0.3) is 0 Å². The fourth-order valence-corrected chi connectivity index (χ4v) is 3.57. The molecule has 3 amide bonds. The van der Waals surface area contributed by atoms with Gasteiger partial charge in [-0.05, 0) is 58.6 Å². The Labute approximate surface area is 208 Å². The van der Waals surface area contributed by atoms with Gasteiger partial charge in [-0.3, -0.25) is 14.4 Å². The highest BCUT2D eigenvalue weighted by Gasteiger charge is 2.36. The number of aryl methyl sites for hydroxylation is 2. The highest BCUT2D eigenvalue weighted by atomic mass is 16.6. The number of nitrogens with zero attached hydrogens (tertiary/aromatic N) is 1. The predicted octanol–water partition coefficient (Wildman–Crippen LogP) is 3.42. The number of nitrogens with one attached hydrogen (secondary N) is 2. The number of amides is 3. The number of carbonyl (C=O) groups excluding carboxylic acids is 4. The smallest absolute Gasteiger partial charge is 0.408 e. The summed E-state index contributed by atoms with van der Waals surface area (Å²) >= 11 is 0. The summed E-state index contributed by atoms with van der Waals surface area (Å²) in [5, 5.41) is 5.39. The van der Waals surface area contributed by atoms with E-state index in [9.17, 15) is 19.2 Å². The molecular formula is C26H41N3O6. The molecule has 0 fully saturated rings. The van der Waals surface area contributed by atoms with Crippen LogP contribution in [-0.2, 0) is 23.9 Å². The molecule has 0 spiro atoms. The Kier molecular flexibility index (Phi) is 11.2. The van der Waals surface area contributed by atoms with Crippen molar-refractivity contribution in [3.63, 3.8) is 0 Å². The lowest BCUT2D eigenvalue weighted by molar-refractivity contribution is -0.144. The molecule has 9 nitrogen and oxygen atoms in total. The maximum absolute atomic E-state index is 13.6. The summed E-state index contributed by atoms with van der Waals surface area (Å²) in [4.78, 5) is 52.3. The van der Waals surface area contributed by atoms with Crippen molar-refractivity contribution in [2.24, 2.45) is 5.92 Å². The van der Waals surface area contributed by atoms with E-state index in [1.54, 1.807) is 41.5 Å². The first-order valence-electron chi connectivity index (χ1n) is 11.9. The fourth-order valence-electron chi connectivity index (χ4n) is 3.57. The van der Waals surface area contributed by atoms with Crippen LogP contribution in [0.4, 0.5) is 4.79 Å². The molecule has 2 N–H and O–H groups in total. The SMILES string of the molecule is CCOC(=O)CCNC(=O)C(c1ccc(C)cc1C)N(C)C(=O)C(NC(=O)OC(C)(C)C)C(C)C. The molecule has 2 unspecified atom stereocenters. The van der Waals surface area contributed by atoms with Crippen molar-refractivity contribution in [2.45, 2.75) is 79.5 Å². The predicted molar refractivity (Wildman–Crippen MR) is 134 cm³/mol. The van der Waals surface area contributed by atoms with E-state index in [-0.39, 0.29) is 25.5 Å². The van der Waals surface area contributed by atoms with E-state index in [0.29, 0.717) is 5.56 Å². The standard InChI is InChI=1S/C26H41N3O6/c1-10-34-20(30)13-14-27-23(31)22(19-12-11-17(4)15-18(19)5)29(9)24(32)21(16(2)3)28-25(33)35-26(6,7)8/h11-12,15-16,21-22H,10,13-14H2,1-9H3,(H,27,31)(H,28,33). The Morgan fingerprint density at radius 2 is 1.71 bits per heavy atom. The molecule has 0 saturated carbocycles. The quantitative estimate of drug-likeness (QED) is 0.485. The molecule has 35 heavy (non-hydrogen) atoms. The largest absolute Gasteiger partial charge is 0.466 e. The van der Waals surface area contributed by atoms with Crippen LogP contribution < -0.4 is 10.6 Å². The zero-order chi connectivity index (χ0) is 26.9. The van der Waals surface area contributed by atoms with E-state index in [4.69, 9.17) is 9.47 Å². The normalized spacial score (nSPS) is 13.0. The summed E-state index contributed by atoms with van der Waals surface area (Å²) in [6.07, 6.45) is -0.689. The van der Waals surface area contributed by atoms with E-state index < -0.39 is 41.6 Å². The van der Waals surface area contributed by atoms with Crippen LogP contribution in [0.5, 0.6) is 0 Å². The molecule has 0 radical (unpaired) electrons. The van der Waals surface area contributed by atoms with E-state index in [2.05, 4.69) is 10.6 Å². The second kappa shape index (κ2) is 13.1. The zero-order valence-electron chi connectivity index (χ0n) is 22.5. The molecule has 1 aromatic rings. The third-order valence-electron chi connectivity index (χ3n) is 5.24. The van der Waals surface area contributed by atoms with Crippen LogP contribution >= 0.6 is 0 Å². The van der Waals surface area contributed by atoms with Gasteiger partial charge in [-0.2, -0.15) is 0 Å². The molecule has 0 saturated heterocycles. The van der Waals surface area contributed by atoms with Gasteiger partial charge >= 0.3 is 12.1 Å². The summed E-state index contributed by atoms with van der Waals surface area (Å²) in [7, 11) is 1.53. The highest BCUT2D eigenvalue weighted by molar-refractivity contribution is 5.92. The Morgan fingerprint density at radius 1 is 1.09 bits per heavy atom. The topological polar surface area (TPSA) is 114 Å². The number of carbonyl (C=O) groups is 4. The minimum atomic E-state index is -0.966. The summed E-state index contributed by atoms with van der Waals surface area (Å²) in [5.74, 6) is -1.54. The first-order chi connectivity index (χ1) is 16.2. The van der Waals surface area contributed by atoms with Crippen molar-refractivity contribution in [1.29, 1.82) is 0 Å². The van der Waals surface area contributed by atoms with E-state index in [1.165, 1.54) is 11.9 Å². The van der Waals surface area contributed by atoms with Gasteiger partial charge in [-0.25, -0.2) is 4.79 Å². The minimum Gasteiger partial charge on any atom is -0.466 e. The Morgan fingerprint density at radius 3 is 2.23 bits per heavy atom. The van der Waals surface area contributed by atoms with Gasteiger partial charge < -0.3 is 25.0 Å². The maximum atomic E-state index is 13.6. The second-order valence-electron chi connectivity index (χ2n) is 9.93. The summed E-state index contributed by atoms with van der Waals surface area (Å²) in [6, 6.07) is 3.75. The van der Waals surface area contributed by atoms with E-state index in [1.807, 2.05) is 32.0 Å². The molecule has 9 heteroatoms. The average molecular weight is 492 g/mol. The number of likely N-dealkylation sites (N-methyl/N-ethyl adjacent to an activating group) is 1. The average Bonchev–Trinajstić information content (AvgIpc) is 2.71. The maximum Gasteiger partial charge on any atom is 0.408 e. The van der Waals surface area contributed by atoms with Gasteiger partial charge in [0.1, 0.15) is 17.7 Å². The van der Waals surface area contributed by atoms with Gasteiger partial charge in [0.05, 0.1) is 13.0 Å². The number of hydrogen-bond acceptors (Lipinski definition) is 6. The lowest BCUT2D eigenvalue weighted by Crippen LogP contribution is -2.53. The number of hydrogen-bond donors (Lipinski definition) is 2. The molecule has 1 rings (SSSR count). The van der Waals surface area contributed by atoms with Gasteiger partial charge in [0, 0.05) is 13.6 Å². The molecule has 2 atom stereocenters. The third-order valence-corrected chi connectivity index (χ3v) is 5.24. The first-order valence-corrected chi connectivity index (χ1v) is 11.9. The summed E-state index contributed by atoms with van der Waals surface area (Å²) in [5.41, 5.74) is 1.80. The highest BCUT2D eigenvalue weighted by Crippen LogP contribution is 2.26. The van der Waals surface area contributed by atoms with Gasteiger partial charge in [-0.1, -0.05) is 37.6 Å². The first kappa shape index (κ1) is 29.9. The van der Waals surface area contributed by atoms with Crippen LogP contribution in [0.1, 0.15) is 70.7 Å². The Bertz CT molecular complexity index is 907. The molecule has 0 heterocycles. The van der Waals surface area contributed by atoms with E-state index >= 15 is 0 Å². The van der Waals surface area contributed by atoms with Crippen LogP contribution in [-0.4, -0.2) is 60.6 Å².